The Bertz CT molecular complexity index is 793. The molecule has 0 radical (unpaired) electrons. The quantitative estimate of drug-likeness (QED) is 0.855. The molecule has 1 heterocycles. The van der Waals surface area contributed by atoms with Crippen molar-refractivity contribution in [2.24, 2.45) is 0 Å². The fourth-order valence-electron chi connectivity index (χ4n) is 2.82. The molecule has 1 aliphatic heterocycles. The fraction of sp³-hybridized carbons (Fsp3) is 0.150. The van der Waals surface area contributed by atoms with Crippen molar-refractivity contribution in [3.8, 4) is 0 Å². The number of para-hydroxylation sites is 2. The number of fused-ring (bicyclic) bond motifs is 2. The van der Waals surface area contributed by atoms with Crippen molar-refractivity contribution in [1.82, 2.24) is 5.32 Å². The Morgan fingerprint density at radius 2 is 1.44 bits per heavy atom. The first-order valence-electron chi connectivity index (χ1n) is 8.10. The molecule has 2 aromatic carbocycles. The van der Waals surface area contributed by atoms with Gasteiger partial charge in [0.05, 0.1) is 17.9 Å². The first-order valence-corrected chi connectivity index (χ1v) is 8.10. The molecule has 25 heavy (non-hydrogen) atoms. The zero-order valence-corrected chi connectivity index (χ0v) is 13.6. The first kappa shape index (κ1) is 16.6. The molecule has 0 bridgehead atoms. The number of nitrogens with one attached hydrogen (secondary N) is 1. The van der Waals surface area contributed by atoms with Gasteiger partial charge in [-0.2, -0.15) is 0 Å². The van der Waals surface area contributed by atoms with E-state index in [4.69, 9.17) is 0 Å². The van der Waals surface area contributed by atoms with Crippen LogP contribution in [-0.4, -0.2) is 24.6 Å². The van der Waals surface area contributed by atoms with Gasteiger partial charge in [-0.15, -0.1) is 0 Å². The third-order valence-corrected chi connectivity index (χ3v) is 4.00. The van der Waals surface area contributed by atoms with Gasteiger partial charge in [0.25, 0.3) is 0 Å². The average molecular weight is 334 g/mol. The molecular formula is C20H18N2O3. The van der Waals surface area contributed by atoms with Crippen LogP contribution in [0.1, 0.15) is 24.0 Å². The maximum atomic E-state index is 12.9. The molecule has 0 fully saturated rings. The van der Waals surface area contributed by atoms with Crippen LogP contribution in [0.5, 0.6) is 0 Å². The van der Waals surface area contributed by atoms with Crippen LogP contribution in [-0.2, 0) is 14.4 Å². The maximum Gasteiger partial charge on any atom is 0.232 e. The van der Waals surface area contributed by atoms with E-state index in [0.717, 1.165) is 22.5 Å². The van der Waals surface area contributed by atoms with E-state index >= 15 is 0 Å². The largest absolute Gasteiger partial charge is 0.349 e. The number of nitrogens with zero attached hydrogens (tertiary/aromatic N) is 1. The molecule has 0 unspecified atom stereocenters. The second-order valence-corrected chi connectivity index (χ2v) is 5.65. The summed E-state index contributed by atoms with van der Waals surface area (Å²) in [6.07, 6.45) is 4.69. The molecule has 126 valence electrons. The number of anilines is 2. The van der Waals surface area contributed by atoms with Gasteiger partial charge in [-0.25, -0.2) is 0 Å². The first-order chi connectivity index (χ1) is 12.2. The van der Waals surface area contributed by atoms with Crippen LogP contribution in [0.15, 0.2) is 48.5 Å². The van der Waals surface area contributed by atoms with Crippen LogP contribution < -0.4 is 10.2 Å². The number of hydrogen-bond acceptors (Lipinski definition) is 3. The van der Waals surface area contributed by atoms with Gasteiger partial charge in [-0.1, -0.05) is 48.6 Å². The minimum absolute atomic E-state index is 0.0354. The standard InChI is InChI=1S/C20H18N2O3/c23-14-13-21-19(24)11-12-20(25)22-17-7-3-1-5-15(17)9-10-16-6-2-4-8-18(16)22/h1-10,14H,11-13H2,(H,21,24). The molecule has 0 saturated carbocycles. The number of amides is 2. The van der Waals surface area contributed by atoms with E-state index in [1.54, 1.807) is 4.90 Å². The smallest absolute Gasteiger partial charge is 0.232 e. The monoisotopic (exact) mass is 334 g/mol. The lowest BCUT2D eigenvalue weighted by molar-refractivity contribution is -0.125. The van der Waals surface area contributed by atoms with Crippen molar-refractivity contribution in [3.63, 3.8) is 0 Å². The second kappa shape index (κ2) is 7.57. The summed E-state index contributed by atoms with van der Waals surface area (Å²) >= 11 is 0. The van der Waals surface area contributed by atoms with E-state index in [0.29, 0.717) is 6.29 Å². The molecule has 3 rings (SSSR count). The molecule has 0 spiro atoms. The second-order valence-electron chi connectivity index (χ2n) is 5.65. The summed E-state index contributed by atoms with van der Waals surface area (Å²) in [7, 11) is 0. The lowest BCUT2D eigenvalue weighted by atomic mass is 10.1. The van der Waals surface area contributed by atoms with Crippen LogP contribution in [0, 0.1) is 0 Å². The number of hydrogen-bond donors (Lipinski definition) is 1. The van der Waals surface area contributed by atoms with Crippen molar-refractivity contribution in [3.05, 3.63) is 59.7 Å². The fourth-order valence-corrected chi connectivity index (χ4v) is 2.82. The summed E-state index contributed by atoms with van der Waals surface area (Å²) < 4.78 is 0. The Morgan fingerprint density at radius 1 is 0.880 bits per heavy atom. The Morgan fingerprint density at radius 3 is 2.00 bits per heavy atom. The lowest BCUT2D eigenvalue weighted by Crippen LogP contribution is -2.30. The molecule has 0 aromatic heterocycles. The average Bonchev–Trinajstić information content (AvgIpc) is 2.81. The molecule has 5 heteroatoms. The number of rotatable bonds is 5. The van der Waals surface area contributed by atoms with Gasteiger partial charge in [0, 0.05) is 12.8 Å². The predicted octanol–water partition coefficient (Wildman–Crippen LogP) is 2.93. The van der Waals surface area contributed by atoms with Gasteiger partial charge in [-0.05, 0) is 23.3 Å². The van der Waals surface area contributed by atoms with Gasteiger partial charge < -0.3 is 10.1 Å². The van der Waals surface area contributed by atoms with Crippen LogP contribution >= 0.6 is 0 Å². The minimum Gasteiger partial charge on any atom is -0.349 e. The van der Waals surface area contributed by atoms with Crippen LogP contribution in [0.3, 0.4) is 0 Å². The Labute approximate surface area is 146 Å². The summed E-state index contributed by atoms with van der Waals surface area (Å²) in [5, 5.41) is 2.45. The third kappa shape index (κ3) is 3.66. The maximum absolute atomic E-state index is 12.9. The Hall–Kier alpha value is -3.21. The third-order valence-electron chi connectivity index (χ3n) is 4.00. The Balaban J connectivity index is 1.89. The molecule has 0 aliphatic carbocycles. The SMILES string of the molecule is O=CCNC(=O)CCC(=O)N1c2ccccc2C=Cc2ccccc21. The zero-order valence-electron chi connectivity index (χ0n) is 13.6. The van der Waals surface area contributed by atoms with Gasteiger partial charge in [0.2, 0.25) is 11.8 Å². The number of carbonyl (C=O) groups excluding carboxylic acids is 3. The van der Waals surface area contributed by atoms with Crippen molar-refractivity contribution in [1.29, 1.82) is 0 Å². The van der Waals surface area contributed by atoms with E-state index in [1.807, 2.05) is 60.7 Å². The molecule has 2 aromatic rings. The Kier molecular flexibility index (Phi) is 5.04. The normalized spacial score (nSPS) is 11.9. The van der Waals surface area contributed by atoms with E-state index in [2.05, 4.69) is 5.32 Å². The number of benzene rings is 2. The van der Waals surface area contributed by atoms with Crippen molar-refractivity contribution in [2.45, 2.75) is 12.8 Å². The lowest BCUT2D eigenvalue weighted by Gasteiger charge is -2.25. The molecule has 2 amide bonds. The highest BCUT2D eigenvalue weighted by molar-refractivity contribution is 6.07. The summed E-state index contributed by atoms with van der Waals surface area (Å²) in [4.78, 5) is 36.6. The molecule has 1 N–H and O–H groups in total. The van der Waals surface area contributed by atoms with Gasteiger partial charge in [0.1, 0.15) is 6.29 Å². The molecule has 0 atom stereocenters. The highest BCUT2D eigenvalue weighted by atomic mass is 16.2. The van der Waals surface area contributed by atoms with Gasteiger partial charge in [0.15, 0.2) is 0 Å². The summed E-state index contributed by atoms with van der Waals surface area (Å²) in [6.45, 7) is -0.0354. The predicted molar refractivity (Wildman–Crippen MR) is 97.3 cm³/mol. The summed E-state index contributed by atoms with van der Waals surface area (Å²) in [5.41, 5.74) is 3.47. The zero-order chi connectivity index (χ0) is 17.6. The van der Waals surface area contributed by atoms with Crippen LogP contribution in [0.4, 0.5) is 11.4 Å². The highest BCUT2D eigenvalue weighted by Crippen LogP contribution is 2.36. The van der Waals surface area contributed by atoms with Gasteiger partial charge >= 0.3 is 0 Å². The van der Waals surface area contributed by atoms with Crippen LogP contribution in [0.25, 0.3) is 12.2 Å². The van der Waals surface area contributed by atoms with Crippen molar-refractivity contribution in [2.75, 3.05) is 11.4 Å². The molecular weight excluding hydrogens is 316 g/mol. The van der Waals surface area contributed by atoms with Crippen molar-refractivity contribution < 1.29 is 14.4 Å². The molecule has 0 saturated heterocycles. The topological polar surface area (TPSA) is 66.5 Å². The van der Waals surface area contributed by atoms with E-state index < -0.39 is 0 Å². The van der Waals surface area contributed by atoms with Crippen molar-refractivity contribution >= 4 is 41.6 Å². The van der Waals surface area contributed by atoms with E-state index in [1.165, 1.54) is 0 Å². The van der Waals surface area contributed by atoms with E-state index in [-0.39, 0.29) is 31.2 Å². The van der Waals surface area contributed by atoms with Gasteiger partial charge in [-0.3, -0.25) is 14.5 Å². The minimum atomic E-state index is -0.310. The highest BCUT2D eigenvalue weighted by Gasteiger charge is 2.23. The van der Waals surface area contributed by atoms with Crippen LogP contribution in [0.2, 0.25) is 0 Å². The summed E-state index contributed by atoms with van der Waals surface area (Å²) in [5.74, 6) is -0.472. The summed E-state index contributed by atoms with van der Waals surface area (Å²) in [6, 6.07) is 15.3. The number of aldehydes is 1. The van der Waals surface area contributed by atoms with E-state index in [9.17, 15) is 14.4 Å². The molecule has 5 nitrogen and oxygen atoms in total. The number of carbonyl (C=O) groups is 3. The molecule has 1 aliphatic rings.